The van der Waals surface area contributed by atoms with E-state index in [0.717, 1.165) is 11.8 Å². The maximum absolute atomic E-state index is 6.34. The molecule has 0 heterocycles. The molecule has 2 atom stereocenters. The Balaban J connectivity index is 2.60. The van der Waals surface area contributed by atoms with Crippen LogP contribution in [0.1, 0.15) is 39.5 Å². The molecular formula is C12H26OSi. The molecule has 0 radical (unpaired) electrons. The quantitative estimate of drug-likeness (QED) is 0.641. The van der Waals surface area contributed by atoms with E-state index in [0.29, 0.717) is 6.10 Å². The van der Waals surface area contributed by atoms with Gasteiger partial charge in [-0.15, -0.1) is 0 Å². The highest BCUT2D eigenvalue weighted by atomic mass is 28.4. The molecule has 0 saturated heterocycles. The van der Waals surface area contributed by atoms with Crippen molar-refractivity contribution in [3.05, 3.63) is 0 Å². The van der Waals surface area contributed by atoms with Crippen molar-refractivity contribution in [3.8, 4) is 0 Å². The topological polar surface area (TPSA) is 9.23 Å². The number of rotatable bonds is 4. The maximum atomic E-state index is 6.34. The van der Waals surface area contributed by atoms with Crippen molar-refractivity contribution in [2.45, 2.75) is 65.3 Å². The van der Waals surface area contributed by atoms with Crippen molar-refractivity contribution >= 4 is 8.32 Å². The van der Waals surface area contributed by atoms with Gasteiger partial charge in [0.25, 0.3) is 0 Å². The fourth-order valence-electron chi connectivity index (χ4n) is 2.62. The van der Waals surface area contributed by atoms with Crippen molar-refractivity contribution in [1.29, 1.82) is 0 Å². The van der Waals surface area contributed by atoms with Gasteiger partial charge in [0.15, 0.2) is 8.32 Å². The smallest absolute Gasteiger partial charge is 0.184 e. The lowest BCUT2D eigenvalue weighted by molar-refractivity contribution is 0.105. The van der Waals surface area contributed by atoms with E-state index in [1.165, 1.54) is 25.7 Å². The summed E-state index contributed by atoms with van der Waals surface area (Å²) in [6, 6.07) is 0. The average molecular weight is 214 g/mol. The molecule has 1 rings (SSSR count). The summed E-state index contributed by atoms with van der Waals surface area (Å²) in [5.74, 6) is 1.68. The van der Waals surface area contributed by atoms with Crippen LogP contribution in [-0.2, 0) is 4.43 Å². The van der Waals surface area contributed by atoms with E-state index in [1.807, 2.05) is 0 Å². The van der Waals surface area contributed by atoms with Crippen molar-refractivity contribution < 1.29 is 4.43 Å². The van der Waals surface area contributed by atoms with Gasteiger partial charge in [-0.2, -0.15) is 0 Å². The molecule has 1 aliphatic carbocycles. The van der Waals surface area contributed by atoms with E-state index in [2.05, 4.69) is 33.5 Å². The zero-order valence-corrected chi connectivity index (χ0v) is 11.5. The van der Waals surface area contributed by atoms with Crippen molar-refractivity contribution in [2.24, 2.45) is 11.8 Å². The molecule has 2 heteroatoms. The van der Waals surface area contributed by atoms with Crippen LogP contribution in [0.25, 0.3) is 0 Å². The molecule has 1 saturated carbocycles. The van der Waals surface area contributed by atoms with E-state index >= 15 is 0 Å². The zero-order chi connectivity index (χ0) is 10.8. The summed E-state index contributed by atoms with van der Waals surface area (Å²) in [4.78, 5) is 0. The first-order valence-electron chi connectivity index (χ1n) is 6.15. The first kappa shape index (κ1) is 12.2. The third-order valence-electron chi connectivity index (χ3n) is 3.38. The molecule has 1 fully saturated rings. The van der Waals surface area contributed by atoms with Gasteiger partial charge in [-0.25, -0.2) is 0 Å². The largest absolute Gasteiger partial charge is 0.414 e. The third kappa shape index (κ3) is 3.09. The Bertz CT molecular complexity index is 162. The van der Waals surface area contributed by atoms with E-state index in [4.69, 9.17) is 4.43 Å². The summed E-state index contributed by atoms with van der Waals surface area (Å²) in [6.07, 6.45) is 5.96. The predicted molar refractivity (Wildman–Crippen MR) is 65.0 cm³/mol. The van der Waals surface area contributed by atoms with Crippen LogP contribution in [0, 0.1) is 11.8 Å². The van der Waals surface area contributed by atoms with Gasteiger partial charge in [-0.05, 0) is 44.3 Å². The van der Waals surface area contributed by atoms with Crippen LogP contribution >= 0.6 is 0 Å². The Labute approximate surface area is 90.4 Å². The summed E-state index contributed by atoms with van der Waals surface area (Å²) >= 11 is 0. The number of hydrogen-bond acceptors (Lipinski definition) is 1. The fraction of sp³-hybridized carbons (Fsp3) is 1.00. The summed E-state index contributed by atoms with van der Waals surface area (Å²) in [5, 5.41) is 0. The third-order valence-corrected chi connectivity index (χ3v) is 4.36. The highest BCUT2D eigenvalue weighted by Crippen LogP contribution is 2.38. The minimum absolute atomic E-state index is 0.580. The lowest BCUT2D eigenvalue weighted by Gasteiger charge is -2.31. The molecule has 0 bridgehead atoms. The molecule has 14 heavy (non-hydrogen) atoms. The molecule has 0 aliphatic heterocycles. The minimum atomic E-state index is -1.34. The maximum Gasteiger partial charge on any atom is 0.184 e. The van der Waals surface area contributed by atoms with Gasteiger partial charge >= 0.3 is 0 Å². The first-order valence-corrected chi connectivity index (χ1v) is 9.56. The Morgan fingerprint density at radius 3 is 1.71 bits per heavy atom. The van der Waals surface area contributed by atoms with Gasteiger partial charge in [-0.3, -0.25) is 0 Å². The van der Waals surface area contributed by atoms with Gasteiger partial charge in [0.2, 0.25) is 0 Å². The van der Waals surface area contributed by atoms with E-state index in [1.54, 1.807) is 0 Å². The Kier molecular flexibility index (Phi) is 4.20. The molecule has 2 unspecified atom stereocenters. The summed E-state index contributed by atoms with van der Waals surface area (Å²) in [7, 11) is -1.34. The van der Waals surface area contributed by atoms with Gasteiger partial charge in [0, 0.05) is 0 Å². The number of hydrogen-bond donors (Lipinski definition) is 0. The summed E-state index contributed by atoms with van der Waals surface area (Å²) in [5.41, 5.74) is 0. The molecule has 0 amide bonds. The van der Waals surface area contributed by atoms with Gasteiger partial charge in [0.1, 0.15) is 0 Å². The van der Waals surface area contributed by atoms with Crippen molar-refractivity contribution in [2.75, 3.05) is 0 Å². The van der Waals surface area contributed by atoms with Crippen LogP contribution in [0.15, 0.2) is 0 Å². The molecular weight excluding hydrogens is 188 g/mol. The Hall–Kier alpha value is 0.177. The monoisotopic (exact) mass is 214 g/mol. The van der Waals surface area contributed by atoms with Crippen LogP contribution in [0.5, 0.6) is 0 Å². The van der Waals surface area contributed by atoms with Crippen LogP contribution in [0.3, 0.4) is 0 Å². The molecule has 0 aromatic carbocycles. The molecule has 0 N–H and O–H groups in total. The van der Waals surface area contributed by atoms with Gasteiger partial charge in [-0.1, -0.05) is 26.7 Å². The standard InChI is InChI=1S/C12H26OSi/c1-6-10-8-9-11(7-2)12(10)13-14(3,4)5/h10-12H,6-9H2,1-5H3. The summed E-state index contributed by atoms with van der Waals surface area (Å²) in [6.45, 7) is 11.5. The van der Waals surface area contributed by atoms with Crippen LogP contribution in [0.4, 0.5) is 0 Å². The molecule has 0 aromatic rings. The van der Waals surface area contributed by atoms with Crippen LogP contribution < -0.4 is 0 Å². The Morgan fingerprint density at radius 1 is 1.00 bits per heavy atom. The fourth-order valence-corrected chi connectivity index (χ4v) is 3.82. The second-order valence-corrected chi connectivity index (χ2v) is 10.1. The SMILES string of the molecule is CCC1CCC(CC)C1O[Si](C)(C)C. The lowest BCUT2D eigenvalue weighted by Crippen LogP contribution is -2.37. The molecule has 1 nitrogen and oxygen atoms in total. The summed E-state index contributed by atoms with van der Waals surface area (Å²) < 4.78 is 6.34. The van der Waals surface area contributed by atoms with Gasteiger partial charge < -0.3 is 4.43 Å². The lowest BCUT2D eigenvalue weighted by atomic mass is 9.97. The van der Waals surface area contributed by atoms with Crippen LogP contribution in [0.2, 0.25) is 19.6 Å². The Morgan fingerprint density at radius 2 is 1.43 bits per heavy atom. The zero-order valence-electron chi connectivity index (χ0n) is 10.5. The molecule has 0 aromatic heterocycles. The van der Waals surface area contributed by atoms with Gasteiger partial charge in [0.05, 0.1) is 6.10 Å². The molecule has 0 spiro atoms. The van der Waals surface area contributed by atoms with Crippen LogP contribution in [-0.4, -0.2) is 14.4 Å². The van der Waals surface area contributed by atoms with Crippen molar-refractivity contribution in [3.63, 3.8) is 0 Å². The van der Waals surface area contributed by atoms with E-state index in [9.17, 15) is 0 Å². The highest BCUT2D eigenvalue weighted by Gasteiger charge is 2.37. The van der Waals surface area contributed by atoms with Crippen molar-refractivity contribution in [1.82, 2.24) is 0 Å². The first-order chi connectivity index (χ1) is 6.48. The average Bonchev–Trinajstić information content (AvgIpc) is 2.44. The highest BCUT2D eigenvalue weighted by molar-refractivity contribution is 6.69. The van der Waals surface area contributed by atoms with E-state index in [-0.39, 0.29) is 0 Å². The normalized spacial score (nSPS) is 33.6. The molecule has 84 valence electrons. The second kappa shape index (κ2) is 4.80. The van der Waals surface area contributed by atoms with E-state index < -0.39 is 8.32 Å². The molecule has 1 aliphatic rings. The second-order valence-electron chi connectivity index (χ2n) is 5.61. The minimum Gasteiger partial charge on any atom is -0.414 e. The predicted octanol–water partition coefficient (Wildman–Crippen LogP) is 4.05.